The second kappa shape index (κ2) is 8.23. The minimum Gasteiger partial charge on any atom is -0.459 e. The Bertz CT molecular complexity index is 1180. The second-order valence-corrected chi connectivity index (χ2v) is 8.16. The van der Waals surface area contributed by atoms with E-state index in [1.807, 2.05) is 47.8 Å². The predicted molar refractivity (Wildman–Crippen MR) is 117 cm³/mol. The van der Waals surface area contributed by atoms with E-state index in [1.54, 1.807) is 44.1 Å². The van der Waals surface area contributed by atoms with E-state index in [4.69, 9.17) is 9.52 Å². The van der Waals surface area contributed by atoms with Gasteiger partial charge in [-0.15, -0.1) is 11.3 Å². The quantitative estimate of drug-likeness (QED) is 0.492. The van der Waals surface area contributed by atoms with Crippen LogP contribution in [0.3, 0.4) is 0 Å². The molecular formula is C23H20N4O3S. The van der Waals surface area contributed by atoms with E-state index >= 15 is 0 Å². The summed E-state index contributed by atoms with van der Waals surface area (Å²) >= 11 is 1.56. The summed E-state index contributed by atoms with van der Waals surface area (Å²) < 4.78 is 6.96. The summed E-state index contributed by atoms with van der Waals surface area (Å²) in [4.78, 5) is 30.4. The van der Waals surface area contributed by atoms with Gasteiger partial charge in [0, 0.05) is 32.4 Å². The monoisotopic (exact) mass is 432 g/mol. The van der Waals surface area contributed by atoms with Crippen molar-refractivity contribution >= 4 is 23.2 Å². The molecule has 0 radical (unpaired) electrons. The molecular weight excluding hydrogens is 412 g/mol. The summed E-state index contributed by atoms with van der Waals surface area (Å²) in [7, 11) is 0. The van der Waals surface area contributed by atoms with Gasteiger partial charge in [-0.1, -0.05) is 24.3 Å². The zero-order chi connectivity index (χ0) is 21.2. The van der Waals surface area contributed by atoms with Crippen LogP contribution in [0, 0.1) is 0 Å². The van der Waals surface area contributed by atoms with E-state index in [9.17, 15) is 9.59 Å². The summed E-state index contributed by atoms with van der Waals surface area (Å²) in [5, 5.41) is 6.69. The molecule has 5 rings (SSSR count). The lowest BCUT2D eigenvalue weighted by molar-refractivity contribution is 0.0518. The molecule has 1 aromatic carbocycles. The van der Waals surface area contributed by atoms with Crippen LogP contribution in [-0.4, -0.2) is 57.6 Å². The Hall–Kier alpha value is -3.65. The number of nitrogens with zero attached hydrogens (tertiary/aromatic N) is 4. The van der Waals surface area contributed by atoms with Crippen LogP contribution in [0.15, 0.2) is 76.9 Å². The van der Waals surface area contributed by atoms with E-state index in [2.05, 4.69) is 0 Å². The van der Waals surface area contributed by atoms with Crippen molar-refractivity contribution in [1.82, 2.24) is 19.6 Å². The minimum atomic E-state index is -0.145. The first-order valence-electron chi connectivity index (χ1n) is 10.0. The van der Waals surface area contributed by atoms with Crippen molar-refractivity contribution < 1.29 is 14.0 Å². The first kappa shape index (κ1) is 19.3. The number of benzene rings is 1. The maximum atomic E-state index is 13.4. The first-order valence-corrected chi connectivity index (χ1v) is 10.9. The number of hydrogen-bond donors (Lipinski definition) is 0. The number of rotatable bonds is 4. The predicted octanol–water partition coefficient (Wildman–Crippen LogP) is 3.79. The lowest BCUT2D eigenvalue weighted by atomic mass is 10.1. The van der Waals surface area contributed by atoms with Crippen molar-refractivity contribution in [1.29, 1.82) is 0 Å². The Labute approximate surface area is 183 Å². The van der Waals surface area contributed by atoms with Gasteiger partial charge < -0.3 is 14.2 Å². The molecule has 0 atom stereocenters. The van der Waals surface area contributed by atoms with Gasteiger partial charge in [0.2, 0.25) is 0 Å². The first-order chi connectivity index (χ1) is 15.2. The molecule has 8 heteroatoms. The van der Waals surface area contributed by atoms with E-state index in [0.29, 0.717) is 43.2 Å². The third-order valence-corrected chi connectivity index (χ3v) is 6.18. The molecule has 0 unspecified atom stereocenters. The third kappa shape index (κ3) is 3.77. The highest BCUT2D eigenvalue weighted by atomic mass is 32.1. The molecule has 7 nitrogen and oxygen atoms in total. The molecule has 1 saturated heterocycles. The Morgan fingerprint density at radius 1 is 0.871 bits per heavy atom. The molecule has 31 heavy (non-hydrogen) atoms. The molecule has 156 valence electrons. The fourth-order valence-corrected chi connectivity index (χ4v) is 4.40. The number of carbonyl (C=O) groups is 2. The summed E-state index contributed by atoms with van der Waals surface area (Å²) in [6, 6.07) is 17.0. The molecule has 4 aromatic rings. The molecule has 1 aliphatic rings. The van der Waals surface area contributed by atoms with Gasteiger partial charge in [0.25, 0.3) is 11.8 Å². The number of furan rings is 1. The standard InChI is InChI=1S/C23H20N4O3S/c28-22(25-10-12-26(13-11-25)23(29)19-8-4-14-30-19)18-16-27(17-6-2-1-3-7-17)24-21(18)20-9-5-15-31-20/h1-9,14-16H,10-13H2. The van der Waals surface area contributed by atoms with Gasteiger partial charge >= 0.3 is 0 Å². The highest BCUT2D eigenvalue weighted by Crippen LogP contribution is 2.29. The smallest absolute Gasteiger partial charge is 0.289 e. The van der Waals surface area contributed by atoms with Gasteiger partial charge in [-0.3, -0.25) is 9.59 Å². The van der Waals surface area contributed by atoms with Gasteiger partial charge in [0.15, 0.2) is 5.76 Å². The maximum Gasteiger partial charge on any atom is 0.289 e. The number of carbonyl (C=O) groups excluding carboxylic acids is 2. The van der Waals surface area contributed by atoms with Crippen LogP contribution in [0.2, 0.25) is 0 Å². The van der Waals surface area contributed by atoms with Crippen molar-refractivity contribution in [2.45, 2.75) is 0 Å². The van der Waals surface area contributed by atoms with E-state index in [-0.39, 0.29) is 11.8 Å². The van der Waals surface area contributed by atoms with Crippen molar-refractivity contribution in [2.24, 2.45) is 0 Å². The average molecular weight is 433 g/mol. The molecule has 1 fully saturated rings. The van der Waals surface area contributed by atoms with Crippen LogP contribution in [0.25, 0.3) is 16.3 Å². The normalized spacial score (nSPS) is 14.1. The summed E-state index contributed by atoms with van der Waals surface area (Å²) in [5.41, 5.74) is 2.14. The average Bonchev–Trinajstić information content (AvgIpc) is 3.60. The number of amides is 2. The fraction of sp³-hybridized carbons (Fsp3) is 0.174. The number of piperazine rings is 1. The van der Waals surface area contributed by atoms with Gasteiger partial charge in [0.05, 0.1) is 22.4 Å². The Morgan fingerprint density at radius 2 is 1.61 bits per heavy atom. The van der Waals surface area contributed by atoms with Crippen molar-refractivity contribution in [3.63, 3.8) is 0 Å². The van der Waals surface area contributed by atoms with Crippen molar-refractivity contribution in [2.75, 3.05) is 26.2 Å². The molecule has 0 spiro atoms. The van der Waals surface area contributed by atoms with Crippen LogP contribution in [0.1, 0.15) is 20.9 Å². The molecule has 2 amide bonds. The van der Waals surface area contributed by atoms with Crippen LogP contribution in [-0.2, 0) is 0 Å². The number of hydrogen-bond acceptors (Lipinski definition) is 5. The molecule has 0 bridgehead atoms. The third-order valence-electron chi connectivity index (χ3n) is 5.31. The van der Waals surface area contributed by atoms with Gasteiger partial charge in [-0.05, 0) is 35.7 Å². The second-order valence-electron chi connectivity index (χ2n) is 7.21. The van der Waals surface area contributed by atoms with E-state index in [1.165, 1.54) is 6.26 Å². The zero-order valence-corrected chi connectivity index (χ0v) is 17.5. The zero-order valence-electron chi connectivity index (χ0n) is 16.7. The van der Waals surface area contributed by atoms with Gasteiger partial charge in [-0.25, -0.2) is 4.68 Å². The van der Waals surface area contributed by atoms with Crippen LogP contribution in [0.5, 0.6) is 0 Å². The lowest BCUT2D eigenvalue weighted by Crippen LogP contribution is -2.50. The highest BCUT2D eigenvalue weighted by molar-refractivity contribution is 7.13. The number of para-hydroxylation sites is 1. The Balaban J connectivity index is 1.38. The molecule has 0 aliphatic carbocycles. The topological polar surface area (TPSA) is 71.6 Å². The molecule has 0 N–H and O–H groups in total. The molecule has 0 saturated carbocycles. The lowest BCUT2D eigenvalue weighted by Gasteiger charge is -2.34. The Kier molecular flexibility index (Phi) is 5.13. The van der Waals surface area contributed by atoms with Gasteiger partial charge in [0.1, 0.15) is 5.69 Å². The maximum absolute atomic E-state index is 13.4. The van der Waals surface area contributed by atoms with Crippen molar-refractivity contribution in [3.05, 3.63) is 83.8 Å². The summed E-state index contributed by atoms with van der Waals surface area (Å²) in [6.45, 7) is 1.86. The van der Waals surface area contributed by atoms with Gasteiger partial charge in [-0.2, -0.15) is 5.10 Å². The minimum absolute atomic E-state index is 0.0734. The van der Waals surface area contributed by atoms with Crippen LogP contribution >= 0.6 is 11.3 Å². The fourth-order valence-electron chi connectivity index (χ4n) is 3.68. The van der Waals surface area contributed by atoms with Crippen LogP contribution < -0.4 is 0 Å². The molecule has 3 aromatic heterocycles. The summed E-state index contributed by atoms with van der Waals surface area (Å²) in [5.74, 6) is 0.104. The molecule has 4 heterocycles. The largest absolute Gasteiger partial charge is 0.459 e. The Morgan fingerprint density at radius 3 is 2.26 bits per heavy atom. The number of aromatic nitrogens is 2. The SMILES string of the molecule is O=C(c1ccco1)N1CCN(C(=O)c2cn(-c3ccccc3)nc2-c2cccs2)CC1. The number of thiophene rings is 1. The summed E-state index contributed by atoms with van der Waals surface area (Å²) in [6.07, 6.45) is 3.29. The highest BCUT2D eigenvalue weighted by Gasteiger charge is 2.29. The molecule has 1 aliphatic heterocycles. The van der Waals surface area contributed by atoms with Crippen molar-refractivity contribution in [3.8, 4) is 16.3 Å². The van der Waals surface area contributed by atoms with E-state index < -0.39 is 0 Å². The van der Waals surface area contributed by atoms with E-state index in [0.717, 1.165) is 10.6 Å². The van der Waals surface area contributed by atoms with Crippen LogP contribution in [0.4, 0.5) is 0 Å².